The van der Waals surface area contributed by atoms with Crippen LogP contribution in [0.15, 0.2) is 45.8 Å². The van der Waals surface area contributed by atoms with Gasteiger partial charge in [0.2, 0.25) is 0 Å². The summed E-state index contributed by atoms with van der Waals surface area (Å²) in [4.78, 5) is 11.7. The summed E-state index contributed by atoms with van der Waals surface area (Å²) in [6.07, 6.45) is 0.903. The average Bonchev–Trinajstić information content (AvgIpc) is 2.45. The Bertz CT molecular complexity index is 613. The van der Waals surface area contributed by atoms with Gasteiger partial charge in [0, 0.05) is 13.6 Å². The number of benzene rings is 1. The van der Waals surface area contributed by atoms with Gasteiger partial charge in [0.25, 0.3) is 5.56 Å². The second-order valence-corrected chi connectivity index (χ2v) is 4.90. The lowest BCUT2D eigenvalue weighted by molar-refractivity contribution is 0.191. The van der Waals surface area contributed by atoms with Crippen molar-refractivity contribution in [1.29, 1.82) is 0 Å². The van der Waals surface area contributed by atoms with Gasteiger partial charge in [-0.25, -0.2) is 4.68 Å². The summed E-state index contributed by atoms with van der Waals surface area (Å²) in [6, 6.07) is 9.33. The van der Waals surface area contributed by atoms with Gasteiger partial charge in [0.05, 0.1) is 18.0 Å². The van der Waals surface area contributed by atoms with E-state index in [-0.39, 0.29) is 5.56 Å². The third kappa shape index (κ3) is 3.21. The predicted molar refractivity (Wildman–Crippen MR) is 77.1 cm³/mol. The Morgan fingerprint density at radius 1 is 1.42 bits per heavy atom. The molecule has 6 heteroatoms. The number of aryl methyl sites for hydroxylation is 1. The van der Waals surface area contributed by atoms with E-state index in [0.29, 0.717) is 16.7 Å². The number of anilines is 1. The summed E-state index contributed by atoms with van der Waals surface area (Å²) >= 11 is 3.22. The van der Waals surface area contributed by atoms with Gasteiger partial charge < -0.3 is 10.4 Å². The van der Waals surface area contributed by atoms with Gasteiger partial charge in [0.1, 0.15) is 4.47 Å². The maximum Gasteiger partial charge on any atom is 0.282 e. The highest BCUT2D eigenvalue weighted by molar-refractivity contribution is 9.10. The molecule has 0 fully saturated rings. The van der Waals surface area contributed by atoms with Crippen molar-refractivity contribution in [3.63, 3.8) is 0 Å². The Hall–Kier alpha value is -1.66. The molecule has 0 bridgehead atoms. The molecule has 2 aromatic rings. The summed E-state index contributed by atoms with van der Waals surface area (Å²) in [5.74, 6) is 0. The van der Waals surface area contributed by atoms with Crippen molar-refractivity contribution in [2.24, 2.45) is 7.05 Å². The first-order valence-corrected chi connectivity index (χ1v) is 6.57. The Balaban J connectivity index is 2.08. The van der Waals surface area contributed by atoms with Crippen LogP contribution in [0, 0.1) is 0 Å². The van der Waals surface area contributed by atoms with Crippen molar-refractivity contribution in [1.82, 2.24) is 9.78 Å². The first kappa shape index (κ1) is 13.8. The fourth-order valence-corrected chi connectivity index (χ4v) is 2.13. The molecule has 1 atom stereocenters. The second kappa shape index (κ2) is 5.99. The lowest BCUT2D eigenvalue weighted by Gasteiger charge is -2.13. The highest BCUT2D eigenvalue weighted by Gasteiger charge is 2.10. The van der Waals surface area contributed by atoms with Crippen LogP contribution in [-0.4, -0.2) is 21.4 Å². The number of aliphatic hydroxyl groups is 1. The first-order chi connectivity index (χ1) is 9.09. The third-order valence-corrected chi connectivity index (χ3v) is 3.51. The Kier molecular flexibility index (Phi) is 4.34. The summed E-state index contributed by atoms with van der Waals surface area (Å²) in [7, 11) is 1.58. The molecule has 0 saturated carbocycles. The Labute approximate surface area is 119 Å². The van der Waals surface area contributed by atoms with Crippen LogP contribution in [-0.2, 0) is 7.05 Å². The highest BCUT2D eigenvalue weighted by atomic mass is 79.9. The molecule has 19 heavy (non-hydrogen) atoms. The van der Waals surface area contributed by atoms with E-state index in [2.05, 4.69) is 26.3 Å². The van der Waals surface area contributed by atoms with Gasteiger partial charge in [0.15, 0.2) is 0 Å². The maximum atomic E-state index is 11.7. The summed E-state index contributed by atoms with van der Waals surface area (Å²) in [5.41, 5.74) is 1.17. The van der Waals surface area contributed by atoms with Crippen LogP contribution in [0.5, 0.6) is 0 Å². The minimum Gasteiger partial charge on any atom is -0.387 e. The van der Waals surface area contributed by atoms with Gasteiger partial charge in [-0.15, -0.1) is 0 Å². The van der Waals surface area contributed by atoms with Crippen LogP contribution in [0.3, 0.4) is 0 Å². The molecule has 2 rings (SSSR count). The van der Waals surface area contributed by atoms with E-state index in [4.69, 9.17) is 0 Å². The van der Waals surface area contributed by atoms with Gasteiger partial charge in [-0.2, -0.15) is 5.10 Å². The van der Waals surface area contributed by atoms with Crippen LogP contribution < -0.4 is 10.9 Å². The molecular weight excluding hydrogens is 310 g/mol. The molecule has 1 heterocycles. The molecular formula is C13H14BrN3O2. The van der Waals surface area contributed by atoms with Crippen LogP contribution in [0.25, 0.3) is 0 Å². The zero-order valence-electron chi connectivity index (χ0n) is 10.4. The molecule has 5 nitrogen and oxygen atoms in total. The van der Waals surface area contributed by atoms with Gasteiger partial charge in [-0.1, -0.05) is 30.3 Å². The van der Waals surface area contributed by atoms with E-state index in [1.165, 1.54) is 4.68 Å². The number of aliphatic hydroxyl groups excluding tert-OH is 1. The van der Waals surface area contributed by atoms with Crippen LogP contribution in [0.1, 0.15) is 11.7 Å². The molecule has 0 radical (unpaired) electrons. The van der Waals surface area contributed by atoms with Gasteiger partial charge in [-0.05, 0) is 21.5 Å². The van der Waals surface area contributed by atoms with E-state index >= 15 is 0 Å². The van der Waals surface area contributed by atoms with E-state index < -0.39 is 6.10 Å². The normalized spacial score (nSPS) is 12.2. The van der Waals surface area contributed by atoms with Crippen molar-refractivity contribution in [3.05, 3.63) is 56.9 Å². The molecule has 1 aromatic heterocycles. The zero-order valence-corrected chi connectivity index (χ0v) is 12.0. The largest absolute Gasteiger partial charge is 0.387 e. The Morgan fingerprint density at radius 2 is 2.11 bits per heavy atom. The smallest absolute Gasteiger partial charge is 0.282 e. The van der Waals surface area contributed by atoms with E-state index in [0.717, 1.165) is 5.56 Å². The van der Waals surface area contributed by atoms with Gasteiger partial charge in [-0.3, -0.25) is 4.79 Å². The maximum absolute atomic E-state index is 11.7. The highest BCUT2D eigenvalue weighted by Crippen LogP contribution is 2.18. The lowest BCUT2D eigenvalue weighted by Crippen LogP contribution is -2.22. The number of hydrogen-bond acceptors (Lipinski definition) is 4. The molecule has 0 aliphatic rings. The average molecular weight is 324 g/mol. The molecule has 0 amide bonds. The van der Waals surface area contributed by atoms with Crippen molar-refractivity contribution < 1.29 is 5.11 Å². The van der Waals surface area contributed by atoms with Crippen LogP contribution in [0.4, 0.5) is 5.69 Å². The van der Waals surface area contributed by atoms with E-state index in [1.54, 1.807) is 13.2 Å². The van der Waals surface area contributed by atoms with Crippen LogP contribution >= 0.6 is 15.9 Å². The zero-order chi connectivity index (χ0) is 13.8. The Morgan fingerprint density at radius 3 is 2.79 bits per heavy atom. The minimum absolute atomic E-state index is 0.223. The van der Waals surface area contributed by atoms with Crippen LogP contribution in [0.2, 0.25) is 0 Å². The number of halogens is 1. The fraction of sp³-hybridized carbons (Fsp3) is 0.231. The predicted octanol–water partition coefficient (Wildman–Crippen LogP) is 1.69. The van der Waals surface area contributed by atoms with E-state index in [1.807, 2.05) is 30.3 Å². The van der Waals surface area contributed by atoms with Crippen molar-refractivity contribution in [2.75, 3.05) is 11.9 Å². The quantitative estimate of drug-likeness (QED) is 0.898. The lowest BCUT2D eigenvalue weighted by atomic mass is 10.1. The molecule has 0 spiro atoms. The monoisotopic (exact) mass is 323 g/mol. The van der Waals surface area contributed by atoms with Crippen molar-refractivity contribution in [3.8, 4) is 0 Å². The van der Waals surface area contributed by atoms with Gasteiger partial charge >= 0.3 is 0 Å². The number of nitrogens with zero attached hydrogens (tertiary/aromatic N) is 2. The molecule has 0 aliphatic carbocycles. The minimum atomic E-state index is -0.642. The molecule has 100 valence electrons. The summed E-state index contributed by atoms with van der Waals surface area (Å²) in [6.45, 7) is 0.303. The number of aromatic nitrogens is 2. The summed E-state index contributed by atoms with van der Waals surface area (Å²) in [5, 5.41) is 16.9. The summed E-state index contributed by atoms with van der Waals surface area (Å²) < 4.78 is 1.65. The fourth-order valence-electron chi connectivity index (χ4n) is 1.63. The number of nitrogens with one attached hydrogen (secondary N) is 1. The second-order valence-electron chi connectivity index (χ2n) is 4.11. The third-order valence-electron chi connectivity index (χ3n) is 2.75. The number of rotatable bonds is 4. The SMILES string of the molecule is Cn1ncc(NCC(O)c2ccccc2)c(Br)c1=O. The topological polar surface area (TPSA) is 67.2 Å². The van der Waals surface area contributed by atoms with E-state index in [9.17, 15) is 9.90 Å². The molecule has 1 unspecified atom stereocenters. The molecule has 2 N–H and O–H groups in total. The first-order valence-electron chi connectivity index (χ1n) is 5.78. The molecule has 0 saturated heterocycles. The number of hydrogen-bond donors (Lipinski definition) is 2. The molecule has 0 aliphatic heterocycles. The standard InChI is InChI=1S/C13H14BrN3O2/c1-17-13(19)12(14)10(7-16-17)15-8-11(18)9-5-3-2-4-6-9/h2-7,11,15,18H,8H2,1H3. The van der Waals surface area contributed by atoms with Crippen molar-refractivity contribution >= 4 is 21.6 Å². The molecule has 1 aromatic carbocycles. The van der Waals surface area contributed by atoms with Crippen molar-refractivity contribution in [2.45, 2.75) is 6.10 Å².